The number of alkyl halides is 1. The van der Waals surface area contributed by atoms with Crippen molar-refractivity contribution in [1.29, 1.82) is 0 Å². The lowest BCUT2D eigenvalue weighted by Gasteiger charge is -2.24. The minimum Gasteiger partial charge on any atom is -0.494 e. The molecule has 0 bridgehead atoms. The summed E-state index contributed by atoms with van der Waals surface area (Å²) in [7, 11) is 1.68. The molecule has 1 saturated heterocycles. The zero-order valence-electron chi connectivity index (χ0n) is 12.7. The summed E-state index contributed by atoms with van der Waals surface area (Å²) in [6.07, 6.45) is 2.53. The Hall–Kier alpha value is -1.26. The number of imidazole rings is 1. The van der Waals surface area contributed by atoms with Crippen molar-refractivity contribution in [1.82, 2.24) is 14.5 Å². The molecule has 0 aliphatic carbocycles. The average molecular weight is 308 g/mol. The summed E-state index contributed by atoms with van der Waals surface area (Å²) < 4.78 is 7.69. The van der Waals surface area contributed by atoms with Gasteiger partial charge in [-0.15, -0.1) is 11.6 Å². The molecule has 21 heavy (non-hydrogen) atoms. The van der Waals surface area contributed by atoms with Crippen molar-refractivity contribution in [3.05, 3.63) is 24.0 Å². The first-order valence-electron chi connectivity index (χ1n) is 7.60. The molecule has 0 amide bonds. The first-order valence-corrected chi connectivity index (χ1v) is 8.14. The minimum atomic E-state index is 0.427. The first-order chi connectivity index (χ1) is 10.3. The second-order valence-corrected chi connectivity index (χ2v) is 5.79. The highest BCUT2D eigenvalue weighted by Gasteiger charge is 2.25. The van der Waals surface area contributed by atoms with Gasteiger partial charge in [0.25, 0.3) is 0 Å². The Morgan fingerprint density at radius 1 is 1.43 bits per heavy atom. The number of hydrogen-bond donors (Lipinski definition) is 0. The van der Waals surface area contributed by atoms with E-state index in [2.05, 4.69) is 27.4 Å². The second-order valence-electron chi connectivity index (χ2n) is 5.52. The number of fused-ring (bicyclic) bond motifs is 1. The van der Waals surface area contributed by atoms with Gasteiger partial charge in [-0.2, -0.15) is 0 Å². The SMILES string of the molecule is CCN1CCCC1Cn1c(CCl)nc2c(OC)cccc21. The Kier molecular flexibility index (Phi) is 4.36. The van der Waals surface area contributed by atoms with Crippen molar-refractivity contribution in [3.63, 3.8) is 0 Å². The van der Waals surface area contributed by atoms with Crippen LogP contribution in [0.5, 0.6) is 5.75 Å². The number of methoxy groups -OCH3 is 1. The first kappa shape index (κ1) is 14.7. The van der Waals surface area contributed by atoms with Crippen LogP contribution < -0.4 is 4.74 Å². The lowest BCUT2D eigenvalue weighted by molar-refractivity contribution is 0.245. The Morgan fingerprint density at radius 2 is 2.29 bits per heavy atom. The number of para-hydroxylation sites is 1. The van der Waals surface area contributed by atoms with Crippen LogP contribution in [0.3, 0.4) is 0 Å². The van der Waals surface area contributed by atoms with E-state index < -0.39 is 0 Å². The quantitative estimate of drug-likeness (QED) is 0.794. The number of benzene rings is 1. The van der Waals surface area contributed by atoms with Gasteiger partial charge in [-0.25, -0.2) is 4.98 Å². The summed E-state index contributed by atoms with van der Waals surface area (Å²) in [5.74, 6) is 2.17. The normalized spacial score (nSPS) is 19.5. The van der Waals surface area contributed by atoms with Gasteiger partial charge in [0.1, 0.15) is 17.1 Å². The number of likely N-dealkylation sites (tertiary alicyclic amines) is 1. The maximum Gasteiger partial charge on any atom is 0.146 e. The largest absolute Gasteiger partial charge is 0.494 e. The zero-order valence-corrected chi connectivity index (χ0v) is 13.4. The van der Waals surface area contributed by atoms with Crippen LogP contribution in [0.4, 0.5) is 0 Å². The van der Waals surface area contributed by atoms with Gasteiger partial charge in [0.05, 0.1) is 18.5 Å². The Morgan fingerprint density at radius 3 is 3.00 bits per heavy atom. The topological polar surface area (TPSA) is 30.3 Å². The van der Waals surface area contributed by atoms with Gasteiger partial charge in [-0.3, -0.25) is 4.90 Å². The highest BCUT2D eigenvalue weighted by Crippen LogP contribution is 2.28. The summed E-state index contributed by atoms with van der Waals surface area (Å²) in [4.78, 5) is 7.23. The molecule has 2 aromatic rings. The van der Waals surface area contributed by atoms with E-state index in [1.807, 2.05) is 12.1 Å². The third-order valence-corrected chi connectivity index (χ3v) is 4.70. The Labute approximate surface area is 130 Å². The van der Waals surface area contributed by atoms with Crippen LogP contribution in [0.15, 0.2) is 18.2 Å². The van der Waals surface area contributed by atoms with E-state index in [9.17, 15) is 0 Å². The van der Waals surface area contributed by atoms with E-state index in [0.29, 0.717) is 11.9 Å². The third kappa shape index (κ3) is 2.62. The molecule has 1 fully saturated rings. The van der Waals surface area contributed by atoms with E-state index in [1.165, 1.54) is 19.4 Å². The second kappa shape index (κ2) is 6.24. The van der Waals surface area contributed by atoms with Crippen LogP contribution in [0.2, 0.25) is 0 Å². The molecule has 5 heteroatoms. The lowest BCUT2D eigenvalue weighted by Crippen LogP contribution is -2.33. The van der Waals surface area contributed by atoms with Crippen molar-refractivity contribution >= 4 is 22.6 Å². The molecule has 1 aromatic carbocycles. The van der Waals surface area contributed by atoms with Crippen molar-refractivity contribution in [2.45, 2.75) is 38.2 Å². The number of nitrogens with zero attached hydrogens (tertiary/aromatic N) is 3. The van der Waals surface area contributed by atoms with Crippen molar-refractivity contribution in [2.75, 3.05) is 20.2 Å². The molecule has 2 heterocycles. The molecule has 0 saturated carbocycles. The van der Waals surface area contributed by atoms with E-state index in [0.717, 1.165) is 35.7 Å². The van der Waals surface area contributed by atoms with Crippen molar-refractivity contribution in [3.8, 4) is 5.75 Å². The maximum atomic E-state index is 6.12. The number of aromatic nitrogens is 2. The molecule has 3 rings (SSSR count). The van der Waals surface area contributed by atoms with Gasteiger partial charge in [0.15, 0.2) is 0 Å². The summed E-state index contributed by atoms with van der Waals surface area (Å²) in [5, 5.41) is 0. The molecule has 0 radical (unpaired) electrons. The predicted molar refractivity (Wildman–Crippen MR) is 86.1 cm³/mol. The van der Waals surface area contributed by atoms with Crippen LogP contribution in [-0.2, 0) is 12.4 Å². The van der Waals surface area contributed by atoms with Crippen LogP contribution >= 0.6 is 11.6 Å². The molecule has 0 spiro atoms. The molecule has 0 N–H and O–H groups in total. The van der Waals surface area contributed by atoms with E-state index in [-0.39, 0.29) is 0 Å². The van der Waals surface area contributed by atoms with Gasteiger partial charge in [0.2, 0.25) is 0 Å². The minimum absolute atomic E-state index is 0.427. The van der Waals surface area contributed by atoms with Crippen LogP contribution in [-0.4, -0.2) is 40.7 Å². The molecule has 1 aromatic heterocycles. The fourth-order valence-electron chi connectivity index (χ4n) is 3.37. The van der Waals surface area contributed by atoms with Crippen molar-refractivity contribution < 1.29 is 4.74 Å². The third-order valence-electron chi connectivity index (χ3n) is 4.46. The molecular weight excluding hydrogens is 286 g/mol. The summed E-state index contributed by atoms with van der Waals surface area (Å²) in [6.45, 7) is 5.50. The summed E-state index contributed by atoms with van der Waals surface area (Å²) >= 11 is 6.12. The average Bonchev–Trinajstić information content (AvgIpc) is 3.11. The van der Waals surface area contributed by atoms with Crippen LogP contribution in [0.1, 0.15) is 25.6 Å². The highest BCUT2D eigenvalue weighted by molar-refractivity contribution is 6.16. The highest BCUT2D eigenvalue weighted by atomic mass is 35.5. The molecule has 4 nitrogen and oxygen atoms in total. The predicted octanol–water partition coefficient (Wildman–Crippen LogP) is 3.27. The molecule has 114 valence electrons. The number of hydrogen-bond acceptors (Lipinski definition) is 3. The van der Waals surface area contributed by atoms with E-state index in [1.54, 1.807) is 7.11 Å². The zero-order chi connectivity index (χ0) is 14.8. The van der Waals surface area contributed by atoms with Gasteiger partial charge >= 0.3 is 0 Å². The number of rotatable bonds is 5. The molecule has 1 aliphatic rings. The molecule has 1 unspecified atom stereocenters. The monoisotopic (exact) mass is 307 g/mol. The number of likely N-dealkylation sites (N-methyl/N-ethyl adjacent to an activating group) is 1. The van der Waals surface area contributed by atoms with Gasteiger partial charge < -0.3 is 9.30 Å². The Balaban J connectivity index is 2.00. The number of halogens is 1. The molecular formula is C16H22ClN3O. The fourth-order valence-corrected chi connectivity index (χ4v) is 3.57. The van der Waals surface area contributed by atoms with E-state index in [4.69, 9.17) is 16.3 Å². The molecule has 1 aliphatic heterocycles. The molecule has 1 atom stereocenters. The lowest BCUT2D eigenvalue weighted by atomic mass is 10.2. The van der Waals surface area contributed by atoms with E-state index >= 15 is 0 Å². The van der Waals surface area contributed by atoms with Crippen molar-refractivity contribution in [2.24, 2.45) is 0 Å². The van der Waals surface area contributed by atoms with Crippen LogP contribution in [0, 0.1) is 0 Å². The van der Waals surface area contributed by atoms with Gasteiger partial charge in [0, 0.05) is 12.6 Å². The van der Waals surface area contributed by atoms with Gasteiger partial charge in [-0.1, -0.05) is 13.0 Å². The summed E-state index contributed by atoms with van der Waals surface area (Å²) in [5.41, 5.74) is 2.03. The maximum absolute atomic E-state index is 6.12. The number of ether oxygens (including phenoxy) is 1. The van der Waals surface area contributed by atoms with Gasteiger partial charge in [-0.05, 0) is 38.1 Å². The fraction of sp³-hybridized carbons (Fsp3) is 0.562. The summed E-state index contributed by atoms with van der Waals surface area (Å²) in [6, 6.07) is 6.65. The smallest absolute Gasteiger partial charge is 0.146 e. The van der Waals surface area contributed by atoms with Crippen LogP contribution in [0.25, 0.3) is 11.0 Å². The standard InChI is InChI=1S/C16H22ClN3O/c1-3-19-9-5-6-12(19)11-20-13-7-4-8-14(21-2)16(13)18-15(20)10-17/h4,7-8,12H,3,5-6,9-11H2,1-2H3. The Bertz CT molecular complexity index is 625.